The van der Waals surface area contributed by atoms with Crippen LogP contribution >= 0.6 is 24.0 Å². The van der Waals surface area contributed by atoms with Crippen LogP contribution < -0.4 is 15.4 Å². The second-order valence-electron chi connectivity index (χ2n) is 8.42. The van der Waals surface area contributed by atoms with Gasteiger partial charge in [-0.15, -0.1) is 24.0 Å². The number of aromatic nitrogens is 2. The third kappa shape index (κ3) is 12.3. The topological polar surface area (TPSA) is 72.7 Å². The summed E-state index contributed by atoms with van der Waals surface area (Å²) in [6, 6.07) is 7.97. The minimum atomic E-state index is 0. The zero-order chi connectivity index (χ0) is 22.5. The van der Waals surface area contributed by atoms with E-state index in [1.807, 2.05) is 56.0 Å². The van der Waals surface area contributed by atoms with Gasteiger partial charge in [0, 0.05) is 45.2 Å². The summed E-state index contributed by atoms with van der Waals surface area (Å²) in [6.45, 7) is 11.5. The number of guanidine groups is 1. The zero-order valence-electron chi connectivity index (χ0n) is 20.1. The molecule has 0 aliphatic rings. The molecule has 0 unspecified atom stereocenters. The summed E-state index contributed by atoms with van der Waals surface area (Å²) in [6.07, 6.45) is 7.00. The zero-order valence-corrected chi connectivity index (χ0v) is 22.5. The molecule has 0 spiro atoms. The van der Waals surface area contributed by atoms with Crippen LogP contribution in [0, 0.1) is 5.92 Å². The molecule has 1 aromatic heterocycles. The van der Waals surface area contributed by atoms with Crippen LogP contribution in [0.5, 0.6) is 5.75 Å². The van der Waals surface area contributed by atoms with E-state index >= 15 is 0 Å². The molecule has 2 rings (SSSR count). The van der Waals surface area contributed by atoms with Gasteiger partial charge in [-0.05, 0) is 68.9 Å². The quantitative estimate of drug-likeness (QED) is 0.159. The molecule has 0 fully saturated rings. The van der Waals surface area contributed by atoms with Crippen molar-refractivity contribution in [2.75, 3.05) is 31.6 Å². The summed E-state index contributed by atoms with van der Waals surface area (Å²) >= 11 is 0. The molecule has 32 heavy (non-hydrogen) atoms. The van der Waals surface area contributed by atoms with Crippen molar-refractivity contribution in [1.29, 1.82) is 0 Å². The van der Waals surface area contributed by atoms with E-state index in [1.54, 1.807) is 0 Å². The molecule has 8 heteroatoms. The largest absolute Gasteiger partial charge is 0.491 e. The first kappa shape index (κ1) is 28.2. The fourth-order valence-corrected chi connectivity index (χ4v) is 2.94. The highest BCUT2D eigenvalue weighted by Crippen LogP contribution is 2.16. The second kappa shape index (κ2) is 15.9. The van der Waals surface area contributed by atoms with Gasteiger partial charge in [0.2, 0.25) is 0 Å². The van der Waals surface area contributed by atoms with E-state index in [9.17, 15) is 0 Å². The first-order chi connectivity index (χ1) is 14.9. The van der Waals surface area contributed by atoms with Gasteiger partial charge in [0.15, 0.2) is 5.96 Å². The predicted molar refractivity (Wildman–Crippen MR) is 143 cm³/mol. The number of nitrogens with one attached hydrogen (secondary N) is 2. The molecular weight excluding hydrogens is 517 g/mol. The van der Waals surface area contributed by atoms with Gasteiger partial charge in [-0.25, -0.2) is 0 Å². The van der Waals surface area contributed by atoms with Crippen LogP contribution in [0.2, 0.25) is 0 Å². The molecule has 2 aromatic rings. The normalized spacial score (nSPS) is 11.5. The van der Waals surface area contributed by atoms with E-state index in [0.29, 0.717) is 5.92 Å². The summed E-state index contributed by atoms with van der Waals surface area (Å²) in [5, 5.41) is 11.0. The number of hydrogen-bond acceptors (Lipinski definition) is 4. The first-order valence-corrected chi connectivity index (χ1v) is 11.3. The Kier molecular flexibility index (Phi) is 14.0. The molecule has 0 atom stereocenters. The molecule has 0 saturated heterocycles. The Balaban J connectivity index is 0.00000512. The molecule has 0 aliphatic heterocycles. The summed E-state index contributed by atoms with van der Waals surface area (Å²) in [7, 11) is 1.94. The van der Waals surface area contributed by atoms with Crippen molar-refractivity contribution in [2.45, 2.75) is 53.1 Å². The van der Waals surface area contributed by atoms with Gasteiger partial charge in [0.05, 0.1) is 12.3 Å². The van der Waals surface area contributed by atoms with Crippen molar-refractivity contribution < 1.29 is 9.47 Å². The number of anilines is 1. The predicted octanol–water partition coefficient (Wildman–Crippen LogP) is 4.88. The fourth-order valence-electron chi connectivity index (χ4n) is 2.94. The van der Waals surface area contributed by atoms with Crippen molar-refractivity contribution >= 4 is 35.6 Å². The number of rotatable bonds is 13. The average Bonchev–Trinajstić information content (AvgIpc) is 3.13. The smallest absolute Gasteiger partial charge is 0.195 e. The van der Waals surface area contributed by atoms with E-state index in [4.69, 9.17) is 14.5 Å². The van der Waals surface area contributed by atoms with Gasteiger partial charge in [0.1, 0.15) is 5.75 Å². The lowest BCUT2D eigenvalue weighted by Gasteiger charge is -2.14. The molecule has 2 N–H and O–H groups in total. The third-order valence-corrected chi connectivity index (χ3v) is 4.35. The first-order valence-electron chi connectivity index (χ1n) is 11.3. The number of aryl methyl sites for hydroxylation is 2. The monoisotopic (exact) mass is 557 g/mol. The Bertz CT molecular complexity index is 775. The van der Waals surface area contributed by atoms with Gasteiger partial charge in [0.25, 0.3) is 0 Å². The van der Waals surface area contributed by atoms with E-state index in [0.717, 1.165) is 63.0 Å². The van der Waals surface area contributed by atoms with Crippen molar-refractivity contribution in [1.82, 2.24) is 15.1 Å². The lowest BCUT2D eigenvalue weighted by Crippen LogP contribution is -2.32. The summed E-state index contributed by atoms with van der Waals surface area (Å²) in [5.74, 6) is 2.22. The lowest BCUT2D eigenvalue weighted by atomic mass is 10.2. The van der Waals surface area contributed by atoms with Crippen molar-refractivity contribution in [3.8, 4) is 5.75 Å². The highest BCUT2D eigenvalue weighted by Gasteiger charge is 2.03. The number of benzene rings is 1. The third-order valence-electron chi connectivity index (χ3n) is 4.35. The molecular formula is C24H40IN5O2. The maximum Gasteiger partial charge on any atom is 0.195 e. The van der Waals surface area contributed by atoms with Gasteiger partial charge in [-0.3, -0.25) is 9.67 Å². The highest BCUT2D eigenvalue weighted by molar-refractivity contribution is 14.0. The number of hydrogen-bond donors (Lipinski definition) is 2. The van der Waals surface area contributed by atoms with Gasteiger partial charge in [-0.1, -0.05) is 13.8 Å². The summed E-state index contributed by atoms with van der Waals surface area (Å²) in [4.78, 5) is 4.75. The molecule has 0 radical (unpaired) electrons. The Hall–Kier alpha value is -1.81. The molecule has 0 saturated carbocycles. The fraction of sp³-hybridized carbons (Fsp3) is 0.583. The molecule has 180 valence electrons. The Labute approximate surface area is 210 Å². The number of nitrogens with zero attached hydrogens (tertiary/aromatic N) is 3. The standard InChI is InChI=1S/C24H39N5O2.HI/c1-19(2)18-30-15-7-14-26-24(25-13-6-8-21-16-27-29(5)17-21)28-22-9-11-23(12-10-22)31-20(3)4;/h9-12,16-17,19-20H,6-8,13-15,18H2,1-5H3,(H2,25,26,28);1H. The van der Waals surface area contributed by atoms with Crippen LogP contribution in [0.1, 0.15) is 46.1 Å². The molecule has 0 amide bonds. The second-order valence-corrected chi connectivity index (χ2v) is 8.42. The van der Waals surface area contributed by atoms with Crippen molar-refractivity contribution in [3.05, 3.63) is 42.2 Å². The van der Waals surface area contributed by atoms with Crippen LogP contribution in [0.15, 0.2) is 41.7 Å². The van der Waals surface area contributed by atoms with Crippen LogP contribution in [0.3, 0.4) is 0 Å². The van der Waals surface area contributed by atoms with Gasteiger partial charge >= 0.3 is 0 Å². The van der Waals surface area contributed by atoms with E-state index < -0.39 is 0 Å². The number of halogens is 1. The van der Waals surface area contributed by atoms with Crippen LogP contribution in [-0.2, 0) is 18.2 Å². The van der Waals surface area contributed by atoms with Crippen LogP contribution in [0.25, 0.3) is 0 Å². The highest BCUT2D eigenvalue weighted by atomic mass is 127. The van der Waals surface area contributed by atoms with Gasteiger partial charge in [-0.2, -0.15) is 5.10 Å². The van der Waals surface area contributed by atoms with E-state index in [2.05, 4.69) is 35.8 Å². The van der Waals surface area contributed by atoms with Crippen LogP contribution in [-0.4, -0.2) is 48.1 Å². The maximum absolute atomic E-state index is 5.72. The Morgan fingerprint density at radius 3 is 2.50 bits per heavy atom. The molecule has 0 aliphatic carbocycles. The maximum atomic E-state index is 5.72. The lowest BCUT2D eigenvalue weighted by molar-refractivity contribution is 0.108. The Morgan fingerprint density at radius 1 is 1.12 bits per heavy atom. The number of ether oxygens (including phenoxy) is 2. The molecule has 7 nitrogen and oxygen atoms in total. The Morgan fingerprint density at radius 2 is 1.88 bits per heavy atom. The van der Waals surface area contributed by atoms with E-state index in [1.165, 1.54) is 5.56 Å². The van der Waals surface area contributed by atoms with Crippen molar-refractivity contribution in [3.63, 3.8) is 0 Å². The van der Waals surface area contributed by atoms with Crippen LogP contribution in [0.4, 0.5) is 5.69 Å². The molecule has 1 aromatic carbocycles. The minimum absolute atomic E-state index is 0. The van der Waals surface area contributed by atoms with E-state index in [-0.39, 0.29) is 30.1 Å². The number of aliphatic imine (C=N–C) groups is 1. The summed E-state index contributed by atoms with van der Waals surface area (Å²) < 4.78 is 13.2. The summed E-state index contributed by atoms with van der Waals surface area (Å²) in [5.41, 5.74) is 2.22. The molecule has 1 heterocycles. The van der Waals surface area contributed by atoms with Crippen molar-refractivity contribution in [2.24, 2.45) is 18.0 Å². The van der Waals surface area contributed by atoms with Gasteiger partial charge < -0.3 is 20.1 Å². The minimum Gasteiger partial charge on any atom is -0.491 e. The SMILES string of the molecule is CC(C)COCCCNC(=NCCCc1cnn(C)c1)Nc1ccc(OC(C)C)cc1.I. The average molecular weight is 558 g/mol. The molecule has 0 bridgehead atoms.